The summed E-state index contributed by atoms with van der Waals surface area (Å²) in [7, 11) is 0. The fraction of sp³-hybridized carbons (Fsp3) is 0.357. The molecule has 0 saturated heterocycles. The van der Waals surface area contributed by atoms with Gasteiger partial charge in [-0.15, -0.1) is 0 Å². The molecule has 0 bridgehead atoms. The van der Waals surface area contributed by atoms with Crippen molar-refractivity contribution in [2.45, 2.75) is 33.2 Å². The van der Waals surface area contributed by atoms with Gasteiger partial charge in [0.05, 0.1) is 12.2 Å². The minimum atomic E-state index is -0.194. The Morgan fingerprint density at radius 1 is 1.22 bits per heavy atom. The van der Waals surface area contributed by atoms with Gasteiger partial charge in [0, 0.05) is 15.7 Å². The molecule has 0 spiro atoms. The fourth-order valence-electron chi connectivity index (χ4n) is 1.92. The zero-order valence-corrected chi connectivity index (χ0v) is 12.2. The molecule has 2 nitrogen and oxygen atoms in total. The Balaban J connectivity index is 2.30. The lowest BCUT2D eigenvalue weighted by molar-refractivity contribution is 0.573. The van der Waals surface area contributed by atoms with Gasteiger partial charge in [0.1, 0.15) is 5.82 Å². The van der Waals surface area contributed by atoms with E-state index in [1.165, 1.54) is 6.07 Å². The molecule has 0 fully saturated rings. The van der Waals surface area contributed by atoms with Crippen LogP contribution in [0.1, 0.15) is 30.8 Å². The molecule has 0 unspecified atom stereocenters. The largest absolute Gasteiger partial charge is 0.265 e. The van der Waals surface area contributed by atoms with Crippen molar-refractivity contribution >= 4 is 15.9 Å². The molecule has 18 heavy (non-hydrogen) atoms. The molecule has 0 radical (unpaired) electrons. The van der Waals surface area contributed by atoms with Crippen molar-refractivity contribution < 1.29 is 4.39 Å². The van der Waals surface area contributed by atoms with Crippen LogP contribution in [-0.2, 0) is 19.4 Å². The van der Waals surface area contributed by atoms with Crippen LogP contribution >= 0.6 is 15.9 Å². The van der Waals surface area contributed by atoms with Crippen LogP contribution < -0.4 is 0 Å². The second-order valence-electron chi connectivity index (χ2n) is 4.23. The highest BCUT2D eigenvalue weighted by Gasteiger charge is 2.09. The molecule has 0 N–H and O–H groups in total. The van der Waals surface area contributed by atoms with Gasteiger partial charge >= 0.3 is 0 Å². The molecule has 2 aromatic rings. The van der Waals surface area contributed by atoms with Crippen molar-refractivity contribution in [3.8, 4) is 0 Å². The highest BCUT2D eigenvalue weighted by molar-refractivity contribution is 9.10. The Labute approximate surface area is 115 Å². The van der Waals surface area contributed by atoms with Crippen molar-refractivity contribution in [2.24, 2.45) is 0 Å². The Morgan fingerprint density at radius 2 is 2.00 bits per heavy atom. The highest BCUT2D eigenvalue weighted by atomic mass is 79.9. The minimum absolute atomic E-state index is 0.194. The molecule has 2 rings (SSSR count). The van der Waals surface area contributed by atoms with Crippen LogP contribution in [0.15, 0.2) is 28.7 Å². The van der Waals surface area contributed by atoms with Crippen LogP contribution in [0, 0.1) is 5.82 Å². The molecule has 0 atom stereocenters. The number of benzene rings is 1. The van der Waals surface area contributed by atoms with Crippen LogP contribution in [-0.4, -0.2) is 9.78 Å². The Morgan fingerprint density at radius 3 is 2.61 bits per heavy atom. The maximum atomic E-state index is 13.8. The van der Waals surface area contributed by atoms with Gasteiger partial charge in [-0.05, 0) is 31.0 Å². The number of aryl methyl sites for hydroxylation is 2. The van der Waals surface area contributed by atoms with E-state index in [1.807, 2.05) is 10.7 Å². The van der Waals surface area contributed by atoms with Crippen molar-refractivity contribution in [1.29, 1.82) is 0 Å². The van der Waals surface area contributed by atoms with E-state index in [4.69, 9.17) is 0 Å². The molecule has 4 heteroatoms. The first-order chi connectivity index (χ1) is 8.63. The summed E-state index contributed by atoms with van der Waals surface area (Å²) in [5.41, 5.74) is 2.87. The first-order valence-corrected chi connectivity index (χ1v) is 6.92. The summed E-state index contributed by atoms with van der Waals surface area (Å²) in [6, 6.07) is 7.24. The zero-order chi connectivity index (χ0) is 13.1. The summed E-state index contributed by atoms with van der Waals surface area (Å²) in [6.07, 6.45) is 1.81. The number of rotatable bonds is 4. The van der Waals surface area contributed by atoms with Gasteiger partial charge in [0.15, 0.2) is 0 Å². The van der Waals surface area contributed by atoms with Crippen LogP contribution in [0.25, 0.3) is 0 Å². The van der Waals surface area contributed by atoms with E-state index in [2.05, 4.69) is 40.9 Å². The third kappa shape index (κ3) is 2.80. The molecule has 0 amide bonds. The van der Waals surface area contributed by atoms with Gasteiger partial charge in [-0.2, -0.15) is 5.10 Å². The normalized spacial score (nSPS) is 10.9. The smallest absolute Gasteiger partial charge is 0.129 e. The van der Waals surface area contributed by atoms with E-state index < -0.39 is 0 Å². The quantitative estimate of drug-likeness (QED) is 0.836. The lowest BCUT2D eigenvalue weighted by Gasteiger charge is -2.07. The molecule has 0 aliphatic rings. The third-order valence-electron chi connectivity index (χ3n) is 2.97. The summed E-state index contributed by atoms with van der Waals surface area (Å²) in [5.74, 6) is -0.194. The number of nitrogens with zero attached hydrogens (tertiary/aromatic N) is 2. The van der Waals surface area contributed by atoms with Gasteiger partial charge in [-0.1, -0.05) is 35.8 Å². The summed E-state index contributed by atoms with van der Waals surface area (Å²) in [5, 5.41) is 4.50. The highest BCUT2D eigenvalue weighted by Crippen LogP contribution is 2.17. The minimum Gasteiger partial charge on any atom is -0.265 e. The molecular weight excluding hydrogens is 295 g/mol. The lowest BCUT2D eigenvalue weighted by Crippen LogP contribution is -2.07. The second-order valence-corrected chi connectivity index (χ2v) is 5.14. The average Bonchev–Trinajstić information content (AvgIpc) is 2.75. The Bertz CT molecular complexity index is 549. The van der Waals surface area contributed by atoms with Gasteiger partial charge in [0.25, 0.3) is 0 Å². The topological polar surface area (TPSA) is 17.8 Å². The SMILES string of the molecule is CCc1cc(CC)n(Cc2ccc(Br)cc2F)n1. The van der Waals surface area contributed by atoms with Crippen LogP contribution in [0.4, 0.5) is 4.39 Å². The molecule has 1 aromatic heterocycles. The van der Waals surface area contributed by atoms with E-state index >= 15 is 0 Å². The molecule has 0 saturated carbocycles. The zero-order valence-electron chi connectivity index (χ0n) is 10.6. The van der Waals surface area contributed by atoms with E-state index in [9.17, 15) is 4.39 Å². The Hall–Kier alpha value is -1.16. The van der Waals surface area contributed by atoms with E-state index in [0.29, 0.717) is 12.1 Å². The molecule has 96 valence electrons. The summed E-state index contributed by atoms with van der Waals surface area (Å²) < 4.78 is 16.4. The second kappa shape index (κ2) is 5.65. The van der Waals surface area contributed by atoms with Crippen LogP contribution in [0.3, 0.4) is 0 Å². The van der Waals surface area contributed by atoms with Crippen LogP contribution in [0.2, 0.25) is 0 Å². The maximum Gasteiger partial charge on any atom is 0.129 e. The summed E-state index contributed by atoms with van der Waals surface area (Å²) >= 11 is 3.26. The van der Waals surface area contributed by atoms with Gasteiger partial charge < -0.3 is 0 Å². The predicted octanol–water partition coefficient (Wildman–Crippen LogP) is 3.96. The first-order valence-electron chi connectivity index (χ1n) is 6.13. The molecule has 1 heterocycles. The van der Waals surface area contributed by atoms with Crippen molar-refractivity contribution in [1.82, 2.24) is 9.78 Å². The lowest BCUT2D eigenvalue weighted by atomic mass is 10.2. The number of hydrogen-bond acceptors (Lipinski definition) is 1. The van der Waals surface area contributed by atoms with Crippen molar-refractivity contribution in [3.05, 3.63) is 51.5 Å². The van der Waals surface area contributed by atoms with E-state index in [0.717, 1.165) is 28.7 Å². The number of aromatic nitrogens is 2. The average molecular weight is 311 g/mol. The Kier molecular flexibility index (Phi) is 4.17. The van der Waals surface area contributed by atoms with Gasteiger partial charge in [-0.25, -0.2) is 4.39 Å². The van der Waals surface area contributed by atoms with Gasteiger partial charge in [-0.3, -0.25) is 4.68 Å². The summed E-state index contributed by atoms with van der Waals surface area (Å²) in [6.45, 7) is 4.65. The predicted molar refractivity (Wildman–Crippen MR) is 74.2 cm³/mol. The number of halogens is 2. The molecule has 0 aliphatic heterocycles. The van der Waals surface area contributed by atoms with Crippen LogP contribution in [0.5, 0.6) is 0 Å². The monoisotopic (exact) mass is 310 g/mol. The van der Waals surface area contributed by atoms with Crippen molar-refractivity contribution in [2.75, 3.05) is 0 Å². The van der Waals surface area contributed by atoms with E-state index in [1.54, 1.807) is 6.07 Å². The molecular formula is C14H16BrFN2. The van der Waals surface area contributed by atoms with Gasteiger partial charge in [0.2, 0.25) is 0 Å². The van der Waals surface area contributed by atoms with Crippen molar-refractivity contribution in [3.63, 3.8) is 0 Å². The molecule has 0 aliphatic carbocycles. The number of hydrogen-bond donors (Lipinski definition) is 0. The fourth-order valence-corrected chi connectivity index (χ4v) is 2.25. The standard InChI is InChI=1S/C14H16BrFN2/c1-3-12-8-13(4-2)18(17-12)9-10-5-6-11(15)7-14(10)16/h5-8H,3-4,9H2,1-2H3. The van der Waals surface area contributed by atoms with E-state index in [-0.39, 0.29) is 5.82 Å². The first kappa shape index (κ1) is 13.3. The third-order valence-corrected chi connectivity index (χ3v) is 3.47. The maximum absolute atomic E-state index is 13.8. The summed E-state index contributed by atoms with van der Waals surface area (Å²) in [4.78, 5) is 0. The molecule has 1 aromatic carbocycles.